The van der Waals surface area contributed by atoms with Crippen molar-refractivity contribution in [1.82, 2.24) is 5.32 Å². The number of hydrogen-bond donors (Lipinski definition) is 2. The van der Waals surface area contributed by atoms with Crippen LogP contribution in [0.5, 0.6) is 0 Å². The van der Waals surface area contributed by atoms with Crippen LogP contribution in [0.15, 0.2) is 0 Å². The summed E-state index contributed by atoms with van der Waals surface area (Å²) >= 11 is 1.88. The third-order valence-corrected chi connectivity index (χ3v) is 3.60. The third kappa shape index (κ3) is 5.07. The predicted octanol–water partition coefficient (Wildman–Crippen LogP) is 1.59. The molecule has 1 rings (SSSR count). The normalized spacial score (nSPS) is 26.2. The molecule has 0 aromatic heterocycles. The summed E-state index contributed by atoms with van der Waals surface area (Å²) in [6.07, 6.45) is 0.722. The SMILES string of the molecule is CC(C)(C)OC(=O)NC[C@@H]1CCSC[C@H]1N. The summed E-state index contributed by atoms with van der Waals surface area (Å²) in [6, 6.07) is 0.189. The molecule has 1 fully saturated rings. The molecule has 0 aromatic carbocycles. The fraction of sp³-hybridized carbons (Fsp3) is 0.909. The van der Waals surface area contributed by atoms with E-state index in [9.17, 15) is 4.79 Å². The molecule has 1 heterocycles. The van der Waals surface area contributed by atoms with Gasteiger partial charge in [-0.3, -0.25) is 0 Å². The molecule has 1 amide bonds. The Balaban J connectivity index is 2.25. The first-order chi connectivity index (χ1) is 7.38. The number of carbonyl (C=O) groups excluding carboxylic acids is 1. The summed E-state index contributed by atoms with van der Waals surface area (Å²) in [5, 5.41) is 2.79. The minimum absolute atomic E-state index is 0.189. The van der Waals surface area contributed by atoms with Crippen molar-refractivity contribution in [2.24, 2.45) is 11.7 Å². The van der Waals surface area contributed by atoms with Gasteiger partial charge in [-0.25, -0.2) is 4.79 Å². The first kappa shape index (κ1) is 13.6. The van der Waals surface area contributed by atoms with E-state index in [1.54, 1.807) is 0 Å². The highest BCUT2D eigenvalue weighted by atomic mass is 32.2. The number of nitrogens with one attached hydrogen (secondary N) is 1. The van der Waals surface area contributed by atoms with Crippen LogP contribution in [-0.4, -0.2) is 35.8 Å². The third-order valence-electron chi connectivity index (χ3n) is 2.46. The molecule has 0 aliphatic carbocycles. The number of carbonyl (C=O) groups is 1. The van der Waals surface area contributed by atoms with Gasteiger partial charge in [0.25, 0.3) is 0 Å². The van der Waals surface area contributed by atoms with Crippen LogP contribution in [0.25, 0.3) is 0 Å². The maximum absolute atomic E-state index is 11.4. The molecule has 0 unspecified atom stereocenters. The second-order valence-corrected chi connectivity index (χ2v) is 6.32. The molecule has 0 radical (unpaired) electrons. The van der Waals surface area contributed by atoms with E-state index in [-0.39, 0.29) is 12.1 Å². The van der Waals surface area contributed by atoms with Crippen molar-refractivity contribution in [3.05, 3.63) is 0 Å². The highest BCUT2D eigenvalue weighted by Gasteiger charge is 2.23. The van der Waals surface area contributed by atoms with Crippen molar-refractivity contribution in [2.75, 3.05) is 18.1 Å². The lowest BCUT2D eigenvalue weighted by atomic mass is 9.98. The van der Waals surface area contributed by atoms with Crippen LogP contribution in [0.1, 0.15) is 27.2 Å². The number of nitrogens with two attached hydrogens (primary N) is 1. The Morgan fingerprint density at radius 1 is 1.56 bits per heavy atom. The molecule has 1 saturated heterocycles. The molecule has 3 N–H and O–H groups in total. The van der Waals surface area contributed by atoms with Gasteiger partial charge in [-0.1, -0.05) is 0 Å². The van der Waals surface area contributed by atoms with Crippen molar-refractivity contribution < 1.29 is 9.53 Å². The number of alkyl carbamates (subject to hydrolysis) is 1. The van der Waals surface area contributed by atoms with E-state index in [1.165, 1.54) is 0 Å². The highest BCUT2D eigenvalue weighted by molar-refractivity contribution is 7.99. The standard InChI is InChI=1S/C11H22N2O2S/c1-11(2,3)15-10(14)13-6-8-4-5-16-7-9(8)12/h8-9H,4-7,12H2,1-3H3,(H,13,14)/t8-,9+/m0/s1. The van der Waals surface area contributed by atoms with E-state index in [2.05, 4.69) is 5.32 Å². The molecule has 16 heavy (non-hydrogen) atoms. The van der Waals surface area contributed by atoms with Crippen molar-refractivity contribution in [2.45, 2.75) is 38.8 Å². The van der Waals surface area contributed by atoms with Crippen molar-refractivity contribution in [3.8, 4) is 0 Å². The molecule has 1 aliphatic heterocycles. The molecule has 0 aromatic rings. The van der Waals surface area contributed by atoms with Gasteiger partial charge in [0, 0.05) is 18.3 Å². The largest absolute Gasteiger partial charge is 0.444 e. The van der Waals surface area contributed by atoms with Crippen LogP contribution >= 0.6 is 11.8 Å². The molecule has 5 heteroatoms. The van der Waals surface area contributed by atoms with Crippen LogP contribution in [0.4, 0.5) is 4.79 Å². The van der Waals surface area contributed by atoms with E-state index in [1.807, 2.05) is 32.5 Å². The Hall–Kier alpha value is -0.420. The van der Waals surface area contributed by atoms with Crippen molar-refractivity contribution in [3.63, 3.8) is 0 Å². The van der Waals surface area contributed by atoms with E-state index in [0.717, 1.165) is 17.9 Å². The zero-order chi connectivity index (χ0) is 12.2. The summed E-state index contributed by atoms with van der Waals surface area (Å²) in [5.41, 5.74) is 5.54. The maximum atomic E-state index is 11.4. The Bertz CT molecular complexity index is 241. The van der Waals surface area contributed by atoms with Gasteiger partial charge in [0.1, 0.15) is 5.60 Å². The summed E-state index contributed by atoms with van der Waals surface area (Å²) < 4.78 is 5.17. The Morgan fingerprint density at radius 2 is 2.25 bits per heavy atom. The first-order valence-corrected chi connectivity index (χ1v) is 6.84. The van der Waals surface area contributed by atoms with Crippen molar-refractivity contribution >= 4 is 17.9 Å². The molecule has 0 spiro atoms. The highest BCUT2D eigenvalue weighted by Crippen LogP contribution is 2.21. The summed E-state index contributed by atoms with van der Waals surface area (Å²) in [6.45, 7) is 6.19. The average molecular weight is 246 g/mol. The lowest BCUT2D eigenvalue weighted by Gasteiger charge is -2.28. The molecular formula is C11H22N2O2S. The monoisotopic (exact) mass is 246 g/mol. The Labute approximate surface area is 102 Å². The van der Waals surface area contributed by atoms with Gasteiger partial charge in [0.2, 0.25) is 0 Å². The molecule has 0 bridgehead atoms. The topological polar surface area (TPSA) is 64.3 Å². The van der Waals surface area contributed by atoms with Crippen molar-refractivity contribution in [1.29, 1.82) is 0 Å². The second-order valence-electron chi connectivity index (χ2n) is 5.17. The first-order valence-electron chi connectivity index (χ1n) is 5.68. The van der Waals surface area contributed by atoms with Gasteiger partial charge in [-0.05, 0) is 38.9 Å². The molecule has 4 nitrogen and oxygen atoms in total. The van der Waals surface area contributed by atoms with Gasteiger partial charge >= 0.3 is 6.09 Å². The zero-order valence-corrected chi connectivity index (χ0v) is 11.1. The Kier molecular flexibility index (Phi) is 4.92. The van der Waals surface area contributed by atoms with Gasteiger partial charge < -0.3 is 15.8 Å². The average Bonchev–Trinajstić information content (AvgIpc) is 2.14. The molecule has 1 aliphatic rings. The van der Waals surface area contributed by atoms with Gasteiger partial charge in [-0.2, -0.15) is 11.8 Å². The minimum Gasteiger partial charge on any atom is -0.444 e. The summed E-state index contributed by atoms with van der Waals surface area (Å²) in [7, 11) is 0. The molecule has 94 valence electrons. The summed E-state index contributed by atoms with van der Waals surface area (Å²) in [5.74, 6) is 2.50. The van der Waals surface area contributed by atoms with E-state index in [0.29, 0.717) is 12.5 Å². The lowest BCUT2D eigenvalue weighted by molar-refractivity contribution is 0.0517. The fourth-order valence-electron chi connectivity index (χ4n) is 1.59. The van der Waals surface area contributed by atoms with Gasteiger partial charge in [0.15, 0.2) is 0 Å². The number of thioether (sulfide) groups is 1. The molecule has 0 saturated carbocycles. The minimum atomic E-state index is -0.436. The van der Waals surface area contributed by atoms with Gasteiger partial charge in [-0.15, -0.1) is 0 Å². The fourth-order valence-corrected chi connectivity index (χ4v) is 2.77. The number of amides is 1. The van der Waals surface area contributed by atoms with Crippen LogP contribution in [0, 0.1) is 5.92 Å². The number of hydrogen-bond acceptors (Lipinski definition) is 4. The van der Waals surface area contributed by atoms with E-state index in [4.69, 9.17) is 10.5 Å². The smallest absolute Gasteiger partial charge is 0.407 e. The predicted molar refractivity (Wildman–Crippen MR) is 67.6 cm³/mol. The Morgan fingerprint density at radius 3 is 2.81 bits per heavy atom. The number of rotatable bonds is 2. The van der Waals surface area contributed by atoms with Crippen LogP contribution in [-0.2, 0) is 4.74 Å². The van der Waals surface area contributed by atoms with Gasteiger partial charge in [0.05, 0.1) is 0 Å². The van der Waals surface area contributed by atoms with Crippen LogP contribution < -0.4 is 11.1 Å². The molecule has 2 atom stereocenters. The second kappa shape index (κ2) is 5.77. The zero-order valence-electron chi connectivity index (χ0n) is 10.3. The van der Waals surface area contributed by atoms with E-state index >= 15 is 0 Å². The quantitative estimate of drug-likeness (QED) is 0.776. The number of ether oxygens (including phenoxy) is 1. The van der Waals surface area contributed by atoms with Crippen LogP contribution in [0.2, 0.25) is 0 Å². The van der Waals surface area contributed by atoms with E-state index < -0.39 is 5.60 Å². The maximum Gasteiger partial charge on any atom is 0.407 e. The molecular weight excluding hydrogens is 224 g/mol. The van der Waals surface area contributed by atoms with Crippen LogP contribution in [0.3, 0.4) is 0 Å². The lowest BCUT2D eigenvalue weighted by Crippen LogP contribution is -2.44. The summed E-state index contributed by atoms with van der Waals surface area (Å²) in [4.78, 5) is 11.4.